The van der Waals surface area contributed by atoms with E-state index in [0.29, 0.717) is 24.9 Å². The van der Waals surface area contributed by atoms with E-state index in [1.165, 1.54) is 60.3 Å². The molecule has 424 valence electrons. The van der Waals surface area contributed by atoms with Gasteiger partial charge >= 0.3 is 11.8 Å². The maximum atomic E-state index is 16.4. The summed E-state index contributed by atoms with van der Waals surface area (Å²) in [5.41, 5.74) is 2.01. The SMILES string of the molecule is C=C(O)c1cn(C2CC2)c2c(OC)c(N3CCCC(N/N=C/c4c5c(O)c6c(O)c(C)c7c(c6c4O)C(=O)[C@@](C)(O/C=C/[C@H](OC)[C@@H](C)[C@@H](OC(C)=O)[C@H](C)[C@H](O)[C@H](C)[C@@H](O)[C@@H](C)/C=C/C=C(/C)C(=O)N5)O7)C3)c(F)cc2c1=O. The van der Waals surface area contributed by atoms with Crippen LogP contribution in [0.3, 0.4) is 0 Å². The van der Waals surface area contributed by atoms with Crippen molar-refractivity contribution in [2.75, 3.05) is 37.5 Å². The van der Waals surface area contributed by atoms with Gasteiger partial charge in [0.2, 0.25) is 5.43 Å². The minimum Gasteiger partial charge on any atom is -0.508 e. The molecule has 3 aromatic carbocycles. The highest BCUT2D eigenvalue weighted by Gasteiger charge is 2.50. The maximum absolute atomic E-state index is 16.4. The molecule has 4 aromatic rings. The molecule has 5 bridgehead atoms. The molecule has 20 nitrogen and oxygen atoms in total. The summed E-state index contributed by atoms with van der Waals surface area (Å²) in [6.45, 7) is 16.4. The number of phenolic OH excluding ortho intramolecular Hbond substituents is 3. The molecule has 0 radical (unpaired) electrons. The number of carbonyl (C=O) groups excluding carboxylic acids is 3. The number of piperidine rings is 1. The molecule has 1 aliphatic carbocycles. The molecule has 5 aliphatic rings. The first-order chi connectivity index (χ1) is 37.4. The van der Waals surface area contributed by atoms with E-state index in [2.05, 4.69) is 22.4 Å². The predicted molar refractivity (Wildman–Crippen MR) is 294 cm³/mol. The number of hydrazone groups is 1. The third-order valence-electron chi connectivity index (χ3n) is 15.9. The number of phenols is 3. The number of nitrogens with one attached hydrogen (secondary N) is 2. The second-order valence-corrected chi connectivity index (χ2v) is 21.4. The summed E-state index contributed by atoms with van der Waals surface area (Å²) in [5, 5.41) is 76.2. The van der Waals surface area contributed by atoms with E-state index in [4.69, 9.17) is 23.7 Å². The molecule has 10 atom stereocenters. The quantitative estimate of drug-likeness (QED) is 0.0199. The van der Waals surface area contributed by atoms with Crippen LogP contribution in [0.2, 0.25) is 0 Å². The van der Waals surface area contributed by atoms with Crippen molar-refractivity contribution in [3.05, 3.63) is 93.3 Å². The number of Topliss-reactive ketones (excluding diaryl/α,β-unsaturated/α-hetero) is 1. The highest BCUT2D eigenvalue weighted by Crippen LogP contribution is 2.55. The lowest BCUT2D eigenvalue weighted by Crippen LogP contribution is -2.46. The largest absolute Gasteiger partial charge is 0.508 e. The number of aliphatic hydroxyl groups is 3. The van der Waals surface area contributed by atoms with Crippen LogP contribution >= 0.6 is 0 Å². The molecule has 1 saturated heterocycles. The lowest BCUT2D eigenvalue weighted by Gasteiger charge is -2.38. The summed E-state index contributed by atoms with van der Waals surface area (Å²) in [5.74, 6) is -10.3. The minimum absolute atomic E-state index is 0.00849. The number of benzene rings is 3. The molecule has 4 aliphatic heterocycles. The number of pyridine rings is 1. The average Bonchev–Trinajstić information content (AvgIpc) is 4.44. The fourth-order valence-corrected chi connectivity index (χ4v) is 11.1. The lowest BCUT2D eigenvalue weighted by atomic mass is 9.78. The highest BCUT2D eigenvalue weighted by atomic mass is 19.1. The second kappa shape index (κ2) is 22.6. The summed E-state index contributed by atoms with van der Waals surface area (Å²) >= 11 is 0. The van der Waals surface area contributed by atoms with Gasteiger partial charge in [-0.3, -0.25) is 19.2 Å². The van der Waals surface area contributed by atoms with Crippen LogP contribution in [0.4, 0.5) is 15.8 Å². The van der Waals surface area contributed by atoms with Crippen LogP contribution in [0.5, 0.6) is 28.7 Å². The Morgan fingerprint density at radius 1 is 0.987 bits per heavy atom. The zero-order valence-corrected chi connectivity index (χ0v) is 45.9. The summed E-state index contributed by atoms with van der Waals surface area (Å²) in [6, 6.07) is 0.646. The van der Waals surface area contributed by atoms with Crippen molar-refractivity contribution < 1.29 is 73.1 Å². The van der Waals surface area contributed by atoms with Crippen LogP contribution in [-0.2, 0) is 23.8 Å². The number of aliphatic hydroxyl groups excluding tert-OH is 3. The van der Waals surface area contributed by atoms with Gasteiger partial charge in [-0.25, -0.2) is 4.39 Å². The number of anilines is 2. The van der Waals surface area contributed by atoms with E-state index in [-0.39, 0.29) is 68.4 Å². The molecule has 1 aromatic heterocycles. The van der Waals surface area contributed by atoms with Gasteiger partial charge in [0.1, 0.15) is 34.8 Å². The Labute approximate surface area is 456 Å². The number of aromatic hydroxyl groups is 3. The monoisotopic (exact) mass is 1100 g/mol. The Morgan fingerprint density at radius 3 is 2.34 bits per heavy atom. The number of amides is 1. The molecule has 0 spiro atoms. The van der Waals surface area contributed by atoms with Crippen LogP contribution < -0.4 is 30.5 Å². The number of ketones is 1. The number of rotatable bonds is 9. The van der Waals surface area contributed by atoms with E-state index in [9.17, 15) is 49.8 Å². The number of fused-ring (bicyclic) bond motifs is 15. The first kappa shape index (κ1) is 57.6. The van der Waals surface area contributed by atoms with Gasteiger partial charge in [0, 0.05) is 86.5 Å². The fourth-order valence-electron chi connectivity index (χ4n) is 11.1. The minimum atomic E-state index is -2.15. The average molecular weight is 1100 g/mol. The standard InChI is InChI=1S/C58H70FN5O15/c1-26-14-12-15-27(2)57(74)61-44-37(23-60-62-34-16-13-20-63(24-34)46-39(59)22-36-45(55(46)76-11)64(35-17-18-35)25-38(32(7)65)50(36)70)51(71)41-42(52(44)72)49(69)31(6)54-43(41)56(73)58(9,79-54)77-21-19-40(75-10)28(3)53(78-33(8)66)30(5)48(68)29(4)47(26)67/h12,14-15,19,21-23,25-26,28-30,34-35,40,47-48,53,62,65,67-69,71-72H,7,13,16-18,20,24H2,1-6,8-11H3,(H,61,74)/b14-12+,21-19+,27-15-,60-23+/t26-,28+,29+,30+,34?,40-,47-,48+,53+,58-/m0/s1. The smallest absolute Gasteiger partial charge is 0.312 e. The zero-order valence-electron chi connectivity index (χ0n) is 45.9. The Hall–Kier alpha value is -7.62. The molecule has 79 heavy (non-hydrogen) atoms. The number of nitrogens with zero attached hydrogens (tertiary/aromatic N) is 3. The number of hydrogen-bond acceptors (Lipinski definition) is 18. The van der Waals surface area contributed by atoms with Gasteiger partial charge < -0.3 is 74.5 Å². The first-order valence-electron chi connectivity index (χ1n) is 26.3. The third-order valence-corrected chi connectivity index (χ3v) is 15.9. The Balaban J connectivity index is 1.20. The number of ether oxygens (including phenoxy) is 5. The van der Waals surface area contributed by atoms with E-state index >= 15 is 4.39 Å². The Bertz CT molecular complexity index is 3310. The topological polar surface area (TPSA) is 280 Å². The van der Waals surface area contributed by atoms with Crippen LogP contribution in [0.1, 0.15) is 107 Å². The van der Waals surface area contributed by atoms with Crippen LogP contribution in [0.15, 0.2) is 64.9 Å². The lowest BCUT2D eigenvalue weighted by molar-refractivity contribution is -0.160. The second-order valence-electron chi connectivity index (χ2n) is 21.4. The Morgan fingerprint density at radius 2 is 1.70 bits per heavy atom. The Kier molecular flexibility index (Phi) is 16.5. The van der Waals surface area contributed by atoms with Gasteiger partial charge in [0.25, 0.3) is 11.7 Å². The van der Waals surface area contributed by atoms with E-state index in [0.717, 1.165) is 31.4 Å². The molecular formula is C58H70FN5O15. The molecule has 1 unspecified atom stereocenters. The predicted octanol–water partition coefficient (Wildman–Crippen LogP) is 7.67. The van der Waals surface area contributed by atoms with Gasteiger partial charge in [-0.2, -0.15) is 5.10 Å². The van der Waals surface area contributed by atoms with Gasteiger partial charge in [0.05, 0.1) is 82.6 Å². The molecule has 8 N–H and O–H groups in total. The fraction of sp³-hybridized carbons (Fsp3) is 0.466. The van der Waals surface area contributed by atoms with Crippen LogP contribution in [0.25, 0.3) is 27.4 Å². The molecule has 1 saturated carbocycles. The molecular weight excluding hydrogens is 1030 g/mol. The number of esters is 1. The van der Waals surface area contributed by atoms with Crippen LogP contribution in [0, 0.1) is 36.4 Å². The normalized spacial score (nSPS) is 28.5. The van der Waals surface area contributed by atoms with Gasteiger partial charge in [-0.05, 0) is 51.7 Å². The molecule has 1 amide bonds. The molecule has 5 heterocycles. The summed E-state index contributed by atoms with van der Waals surface area (Å²) < 4.78 is 47.9. The van der Waals surface area contributed by atoms with Crippen molar-refractivity contribution in [3.8, 4) is 28.7 Å². The number of halogens is 1. The zero-order chi connectivity index (χ0) is 57.7. The van der Waals surface area contributed by atoms with Crippen molar-refractivity contribution in [1.29, 1.82) is 0 Å². The number of hydrogen-bond donors (Lipinski definition) is 8. The summed E-state index contributed by atoms with van der Waals surface area (Å²) in [4.78, 5) is 56.6. The number of carbonyl (C=O) groups is 3. The maximum Gasteiger partial charge on any atom is 0.312 e. The van der Waals surface area contributed by atoms with Crippen molar-refractivity contribution in [3.63, 3.8) is 0 Å². The van der Waals surface area contributed by atoms with Crippen molar-refractivity contribution >= 4 is 62.7 Å². The van der Waals surface area contributed by atoms with Crippen molar-refractivity contribution in [2.24, 2.45) is 28.8 Å². The van der Waals surface area contributed by atoms with Gasteiger partial charge in [-0.15, -0.1) is 0 Å². The first-order valence-corrected chi connectivity index (χ1v) is 26.3. The third kappa shape index (κ3) is 10.7. The van der Waals surface area contributed by atoms with Gasteiger partial charge in [-0.1, -0.05) is 52.5 Å². The van der Waals surface area contributed by atoms with Crippen molar-refractivity contribution in [2.45, 2.75) is 123 Å². The van der Waals surface area contributed by atoms with Gasteiger partial charge in [0.15, 0.2) is 17.3 Å². The van der Waals surface area contributed by atoms with Crippen LogP contribution in [-0.4, -0.2) is 123 Å². The molecule has 9 rings (SSSR count). The summed E-state index contributed by atoms with van der Waals surface area (Å²) in [7, 11) is 2.80. The van der Waals surface area contributed by atoms with E-state index < -0.39 is 123 Å². The number of allylic oxidation sites excluding steroid dienone is 2. The van der Waals surface area contributed by atoms with Crippen molar-refractivity contribution in [1.82, 2.24) is 9.99 Å². The van der Waals surface area contributed by atoms with E-state index in [1.807, 2.05) is 4.57 Å². The number of methoxy groups -OCH3 is 2. The van der Waals surface area contributed by atoms with E-state index in [1.54, 1.807) is 44.7 Å². The highest BCUT2D eigenvalue weighted by molar-refractivity contribution is 6.24. The molecule has 2 fully saturated rings. The number of aromatic nitrogens is 1. The molecule has 21 heteroatoms. The summed E-state index contributed by atoms with van der Waals surface area (Å²) in [6.07, 6.45) is 8.47.